The van der Waals surface area contributed by atoms with Crippen molar-refractivity contribution in [2.75, 3.05) is 12.3 Å². The van der Waals surface area contributed by atoms with Gasteiger partial charge in [-0.3, -0.25) is 4.90 Å². The number of hydrogen-bond acceptors (Lipinski definition) is 3. The lowest BCUT2D eigenvalue weighted by molar-refractivity contribution is 0.150. The highest BCUT2D eigenvalue weighted by molar-refractivity contribution is 7.99. The van der Waals surface area contributed by atoms with Crippen LogP contribution >= 0.6 is 11.8 Å². The van der Waals surface area contributed by atoms with Crippen molar-refractivity contribution in [1.82, 2.24) is 4.90 Å². The van der Waals surface area contributed by atoms with E-state index in [2.05, 4.69) is 35.2 Å². The number of anilines is 1. The van der Waals surface area contributed by atoms with Gasteiger partial charge in [-0.15, -0.1) is 0 Å². The first-order valence-electron chi connectivity index (χ1n) is 8.69. The molecule has 0 bridgehead atoms. The predicted octanol–water partition coefficient (Wildman–Crippen LogP) is 5.11. The molecule has 2 N–H and O–H groups in total. The van der Waals surface area contributed by atoms with Crippen molar-refractivity contribution in [3.05, 3.63) is 54.1 Å². The summed E-state index contributed by atoms with van der Waals surface area (Å²) in [6.45, 7) is 1.29. The van der Waals surface area contributed by atoms with Gasteiger partial charge in [0.25, 0.3) is 0 Å². The maximum absolute atomic E-state index is 5.86. The summed E-state index contributed by atoms with van der Waals surface area (Å²) in [5.74, 6) is 0. The molecule has 0 saturated carbocycles. The molecular weight excluding hydrogens is 300 g/mol. The quantitative estimate of drug-likeness (QED) is 0.796. The zero-order valence-electron chi connectivity index (χ0n) is 13.4. The molecule has 0 aliphatic carbocycles. The largest absolute Gasteiger partial charge is 0.399 e. The maximum atomic E-state index is 5.86. The number of nitrogen functional groups attached to an aromatic ring is 1. The van der Waals surface area contributed by atoms with Gasteiger partial charge >= 0.3 is 0 Å². The topological polar surface area (TPSA) is 29.3 Å². The summed E-state index contributed by atoms with van der Waals surface area (Å²) in [4.78, 5) is 5.24. The lowest BCUT2D eigenvalue weighted by Crippen LogP contribution is -2.35. The molecular formula is C20H24N2S. The molecule has 2 nitrogen and oxygen atoms in total. The first-order chi connectivity index (χ1) is 11.3. The summed E-state index contributed by atoms with van der Waals surface area (Å²) >= 11 is 1.78. The van der Waals surface area contributed by atoms with Crippen molar-refractivity contribution in [2.24, 2.45) is 0 Å². The summed E-state index contributed by atoms with van der Waals surface area (Å²) < 4.78 is 0. The minimum atomic E-state index is 0.645. The number of fused-ring (bicyclic) bond motifs is 1. The Hall–Kier alpha value is -1.45. The van der Waals surface area contributed by atoms with E-state index in [1.807, 2.05) is 18.2 Å². The summed E-state index contributed by atoms with van der Waals surface area (Å²) in [7, 11) is 0. The van der Waals surface area contributed by atoms with E-state index in [0.717, 1.165) is 11.7 Å². The van der Waals surface area contributed by atoms with Gasteiger partial charge in [-0.25, -0.2) is 0 Å². The van der Waals surface area contributed by atoms with Gasteiger partial charge in [0.05, 0.1) is 0 Å². The van der Waals surface area contributed by atoms with Crippen molar-refractivity contribution < 1.29 is 0 Å². The number of hydrogen-bond donors (Lipinski definition) is 1. The highest BCUT2D eigenvalue weighted by Crippen LogP contribution is 2.40. The molecule has 0 spiro atoms. The van der Waals surface area contributed by atoms with Gasteiger partial charge in [0.2, 0.25) is 0 Å². The Kier molecular flexibility index (Phi) is 4.32. The van der Waals surface area contributed by atoms with Gasteiger partial charge in [0.15, 0.2) is 0 Å². The molecule has 4 rings (SSSR count). The molecule has 0 radical (unpaired) electrons. The van der Waals surface area contributed by atoms with Gasteiger partial charge in [0, 0.05) is 27.6 Å². The van der Waals surface area contributed by atoms with Crippen molar-refractivity contribution in [3.63, 3.8) is 0 Å². The molecule has 2 atom stereocenters. The van der Waals surface area contributed by atoms with E-state index >= 15 is 0 Å². The molecule has 2 fully saturated rings. The van der Waals surface area contributed by atoms with Crippen LogP contribution in [0.2, 0.25) is 0 Å². The molecule has 3 heteroatoms. The molecule has 120 valence electrons. The van der Waals surface area contributed by atoms with Gasteiger partial charge < -0.3 is 5.73 Å². The van der Waals surface area contributed by atoms with Gasteiger partial charge in [-0.2, -0.15) is 0 Å². The van der Waals surface area contributed by atoms with Crippen LogP contribution < -0.4 is 5.73 Å². The van der Waals surface area contributed by atoms with E-state index < -0.39 is 0 Å². The predicted molar refractivity (Wildman–Crippen MR) is 97.7 cm³/mol. The molecule has 23 heavy (non-hydrogen) atoms. The second kappa shape index (κ2) is 6.58. The monoisotopic (exact) mass is 324 g/mol. The number of nitrogens with zero attached hydrogens (tertiary/aromatic N) is 1. The van der Waals surface area contributed by atoms with E-state index in [0.29, 0.717) is 6.04 Å². The summed E-state index contributed by atoms with van der Waals surface area (Å²) in [6.07, 6.45) is 6.90. The van der Waals surface area contributed by atoms with E-state index in [1.165, 1.54) is 54.0 Å². The average molecular weight is 324 g/mol. The molecule has 2 aliphatic rings. The Labute approximate surface area is 143 Å². The third-order valence-corrected chi connectivity index (χ3v) is 6.20. The number of rotatable bonds is 3. The fourth-order valence-electron chi connectivity index (χ4n) is 4.09. The van der Waals surface area contributed by atoms with Crippen LogP contribution in [-0.2, 0) is 0 Å². The SMILES string of the molecule is Nc1cccc(Sc2ccc([C@H]3CC[C@H]4CCCCN43)cc2)c1. The third kappa shape index (κ3) is 3.26. The molecule has 2 aromatic rings. The second-order valence-corrected chi connectivity index (χ2v) is 7.87. The summed E-state index contributed by atoms with van der Waals surface area (Å²) in [6, 6.07) is 18.8. The van der Waals surface area contributed by atoms with Crippen LogP contribution in [0.4, 0.5) is 5.69 Å². The number of benzene rings is 2. The molecule has 2 saturated heterocycles. The van der Waals surface area contributed by atoms with Crippen LogP contribution in [0.5, 0.6) is 0 Å². The molecule has 2 heterocycles. The molecule has 2 aromatic carbocycles. The van der Waals surface area contributed by atoms with E-state index in [-0.39, 0.29) is 0 Å². The normalized spacial score (nSPS) is 24.5. The highest BCUT2D eigenvalue weighted by Gasteiger charge is 2.35. The fourth-order valence-corrected chi connectivity index (χ4v) is 4.98. The lowest BCUT2D eigenvalue weighted by Gasteiger charge is -2.34. The van der Waals surface area contributed by atoms with Crippen LogP contribution in [0.25, 0.3) is 0 Å². The Morgan fingerprint density at radius 2 is 1.78 bits per heavy atom. The maximum Gasteiger partial charge on any atom is 0.0351 e. The van der Waals surface area contributed by atoms with Crippen LogP contribution in [0.1, 0.15) is 43.7 Å². The first kappa shape index (κ1) is 15.1. The molecule has 2 aliphatic heterocycles. The van der Waals surface area contributed by atoms with E-state index in [4.69, 9.17) is 5.73 Å². The third-order valence-electron chi connectivity index (χ3n) is 5.21. The summed E-state index contributed by atoms with van der Waals surface area (Å²) in [5, 5.41) is 0. The standard InChI is InChI=1S/C20H24N2S/c21-16-4-3-6-19(14-16)23-18-10-7-15(8-11-18)20-12-9-17-5-1-2-13-22(17)20/h3-4,6-8,10-11,14,17,20H,1-2,5,9,12-13,21H2/t17-,20-/m1/s1. The molecule has 0 amide bonds. The Bertz CT molecular complexity index is 668. The number of nitrogens with two attached hydrogens (primary N) is 1. The Morgan fingerprint density at radius 1 is 0.913 bits per heavy atom. The van der Waals surface area contributed by atoms with E-state index in [9.17, 15) is 0 Å². The highest BCUT2D eigenvalue weighted by atomic mass is 32.2. The first-order valence-corrected chi connectivity index (χ1v) is 9.50. The van der Waals surface area contributed by atoms with Crippen molar-refractivity contribution in [3.8, 4) is 0 Å². The van der Waals surface area contributed by atoms with Crippen molar-refractivity contribution >= 4 is 17.4 Å². The lowest BCUT2D eigenvalue weighted by atomic mass is 10.0. The minimum absolute atomic E-state index is 0.645. The van der Waals surface area contributed by atoms with Crippen LogP contribution in [-0.4, -0.2) is 17.5 Å². The summed E-state index contributed by atoms with van der Waals surface area (Å²) in [5.41, 5.74) is 8.18. The zero-order valence-corrected chi connectivity index (χ0v) is 14.3. The molecule has 0 unspecified atom stereocenters. The van der Waals surface area contributed by atoms with Crippen LogP contribution in [0.3, 0.4) is 0 Å². The average Bonchev–Trinajstić information content (AvgIpc) is 3.00. The van der Waals surface area contributed by atoms with Crippen LogP contribution in [0, 0.1) is 0 Å². The van der Waals surface area contributed by atoms with Crippen molar-refractivity contribution in [2.45, 2.75) is 54.0 Å². The second-order valence-electron chi connectivity index (χ2n) is 6.72. The minimum Gasteiger partial charge on any atom is -0.399 e. The number of piperidine rings is 1. The Morgan fingerprint density at radius 3 is 2.61 bits per heavy atom. The zero-order chi connectivity index (χ0) is 15.6. The van der Waals surface area contributed by atoms with Gasteiger partial charge in [-0.1, -0.05) is 36.4 Å². The Balaban J connectivity index is 1.47. The fraction of sp³-hybridized carbons (Fsp3) is 0.400. The van der Waals surface area contributed by atoms with Gasteiger partial charge in [0.1, 0.15) is 0 Å². The smallest absolute Gasteiger partial charge is 0.0351 e. The molecule has 0 aromatic heterocycles. The van der Waals surface area contributed by atoms with Gasteiger partial charge in [-0.05, 0) is 68.1 Å². The van der Waals surface area contributed by atoms with E-state index in [1.54, 1.807) is 11.8 Å². The van der Waals surface area contributed by atoms with Crippen LogP contribution in [0.15, 0.2) is 58.3 Å². The van der Waals surface area contributed by atoms with Crippen molar-refractivity contribution in [1.29, 1.82) is 0 Å².